The highest BCUT2D eigenvalue weighted by Crippen LogP contribution is 2.30. The first-order chi connectivity index (χ1) is 11.2. The van der Waals surface area contributed by atoms with Crippen molar-refractivity contribution < 1.29 is 4.42 Å². The van der Waals surface area contributed by atoms with E-state index in [0.29, 0.717) is 5.92 Å². The molecule has 0 bridgehead atoms. The lowest BCUT2D eigenvalue weighted by atomic mass is 9.90. The first kappa shape index (κ1) is 15.0. The molecule has 0 saturated carbocycles. The van der Waals surface area contributed by atoms with Crippen molar-refractivity contribution in [2.75, 3.05) is 33.2 Å². The third-order valence-corrected chi connectivity index (χ3v) is 5.50. The fraction of sp³-hybridized carbons (Fsp3) is 0.611. The molecule has 1 aromatic heterocycles. The molecule has 2 aromatic rings. The van der Waals surface area contributed by atoms with E-state index < -0.39 is 0 Å². The van der Waals surface area contributed by atoms with Gasteiger partial charge in [0.1, 0.15) is 0 Å². The van der Waals surface area contributed by atoms with Crippen molar-refractivity contribution in [3.8, 4) is 0 Å². The summed E-state index contributed by atoms with van der Waals surface area (Å²) in [5.74, 6) is 0.384. The second kappa shape index (κ2) is 6.13. The van der Waals surface area contributed by atoms with Gasteiger partial charge in [-0.05, 0) is 82.5 Å². The van der Waals surface area contributed by atoms with Crippen LogP contribution in [-0.2, 0) is 0 Å². The summed E-state index contributed by atoms with van der Waals surface area (Å²) in [4.78, 5) is 14.7. The normalized spacial score (nSPS) is 22.0. The van der Waals surface area contributed by atoms with Crippen molar-refractivity contribution in [3.63, 3.8) is 0 Å². The smallest absolute Gasteiger partial charge is 0.408 e. The lowest BCUT2D eigenvalue weighted by Crippen LogP contribution is -2.34. The molecule has 3 heterocycles. The lowest BCUT2D eigenvalue weighted by Gasteiger charge is -2.29. The van der Waals surface area contributed by atoms with Crippen LogP contribution < -0.4 is 11.1 Å². The van der Waals surface area contributed by atoms with Crippen LogP contribution in [0.4, 0.5) is 0 Å². The number of hydrogen-bond acceptors (Lipinski definition) is 4. The average molecular weight is 315 g/mol. The van der Waals surface area contributed by atoms with E-state index in [9.17, 15) is 4.79 Å². The van der Waals surface area contributed by atoms with Crippen LogP contribution in [0.3, 0.4) is 0 Å². The molecule has 0 unspecified atom stereocenters. The molecule has 4 rings (SSSR count). The molecule has 1 N–H and O–H groups in total. The minimum absolute atomic E-state index is 0.197. The molecule has 2 fully saturated rings. The van der Waals surface area contributed by atoms with Gasteiger partial charge in [0.05, 0.1) is 5.52 Å². The standard InChI is InChI=1S/C18H25N3O2/c1-20-10-6-15(7-11-20)21-16-3-2-14(12-17(16)23-18(21)22)13-4-8-19-9-5-13/h2-3,12-13,15,19H,4-11H2,1H3. The second-order valence-electron chi connectivity index (χ2n) is 7.02. The molecule has 5 heteroatoms. The Kier molecular flexibility index (Phi) is 3.99. The molecule has 0 radical (unpaired) electrons. The van der Waals surface area contributed by atoms with Gasteiger partial charge in [-0.3, -0.25) is 4.57 Å². The van der Waals surface area contributed by atoms with Crippen molar-refractivity contribution in [1.82, 2.24) is 14.8 Å². The summed E-state index contributed by atoms with van der Waals surface area (Å²) in [5.41, 5.74) is 3.02. The number of fused-ring (bicyclic) bond motifs is 1. The number of oxazole rings is 1. The summed E-state index contributed by atoms with van der Waals surface area (Å²) in [5, 5.41) is 3.40. The summed E-state index contributed by atoms with van der Waals surface area (Å²) < 4.78 is 7.47. The van der Waals surface area contributed by atoms with Gasteiger partial charge in [-0.2, -0.15) is 0 Å². The number of nitrogens with zero attached hydrogens (tertiary/aromatic N) is 2. The molecule has 0 amide bonds. The molecular formula is C18H25N3O2. The third kappa shape index (κ3) is 2.83. The molecular weight excluding hydrogens is 290 g/mol. The Morgan fingerprint density at radius 2 is 1.87 bits per heavy atom. The van der Waals surface area contributed by atoms with E-state index in [1.165, 1.54) is 5.56 Å². The number of rotatable bonds is 2. The van der Waals surface area contributed by atoms with Crippen molar-refractivity contribution >= 4 is 11.1 Å². The van der Waals surface area contributed by atoms with Gasteiger partial charge in [-0.15, -0.1) is 0 Å². The summed E-state index contributed by atoms with van der Waals surface area (Å²) in [7, 11) is 2.14. The minimum Gasteiger partial charge on any atom is -0.408 e. The predicted octanol–water partition coefficient (Wildman–Crippen LogP) is 2.33. The SMILES string of the molecule is CN1CCC(n2c(=O)oc3cc(C4CCNCC4)ccc32)CC1. The fourth-order valence-corrected chi connectivity index (χ4v) is 4.06. The molecule has 124 valence electrons. The van der Waals surface area contributed by atoms with E-state index in [1.807, 2.05) is 4.57 Å². The van der Waals surface area contributed by atoms with Gasteiger partial charge in [0.2, 0.25) is 0 Å². The number of aromatic nitrogens is 1. The maximum atomic E-state index is 12.4. The van der Waals surface area contributed by atoms with Crippen LogP contribution in [0, 0.1) is 0 Å². The summed E-state index contributed by atoms with van der Waals surface area (Å²) in [6.45, 7) is 4.22. The summed E-state index contributed by atoms with van der Waals surface area (Å²) >= 11 is 0. The Morgan fingerprint density at radius 1 is 1.13 bits per heavy atom. The molecule has 0 aliphatic carbocycles. The highest BCUT2D eigenvalue weighted by Gasteiger charge is 2.24. The van der Waals surface area contributed by atoms with Gasteiger partial charge in [-0.1, -0.05) is 6.07 Å². The number of hydrogen-bond donors (Lipinski definition) is 1. The van der Waals surface area contributed by atoms with Gasteiger partial charge in [-0.25, -0.2) is 4.79 Å². The zero-order chi connectivity index (χ0) is 15.8. The minimum atomic E-state index is -0.197. The van der Waals surface area contributed by atoms with E-state index in [4.69, 9.17) is 4.42 Å². The number of likely N-dealkylation sites (tertiary alicyclic amines) is 1. The van der Waals surface area contributed by atoms with Crippen molar-refractivity contribution in [1.29, 1.82) is 0 Å². The van der Waals surface area contributed by atoms with E-state index in [-0.39, 0.29) is 11.8 Å². The van der Waals surface area contributed by atoms with E-state index >= 15 is 0 Å². The first-order valence-electron chi connectivity index (χ1n) is 8.76. The van der Waals surface area contributed by atoms with Crippen LogP contribution in [0.1, 0.15) is 43.2 Å². The molecule has 0 spiro atoms. The van der Waals surface area contributed by atoms with Gasteiger partial charge < -0.3 is 14.6 Å². The highest BCUT2D eigenvalue weighted by atomic mass is 16.4. The Hall–Kier alpha value is -1.59. The summed E-state index contributed by atoms with van der Waals surface area (Å²) in [6, 6.07) is 6.65. The van der Waals surface area contributed by atoms with Gasteiger partial charge in [0, 0.05) is 6.04 Å². The molecule has 2 aliphatic heterocycles. The van der Waals surface area contributed by atoms with Crippen LogP contribution in [0.15, 0.2) is 27.4 Å². The molecule has 23 heavy (non-hydrogen) atoms. The summed E-state index contributed by atoms with van der Waals surface area (Å²) in [6.07, 6.45) is 4.35. The molecule has 1 aromatic carbocycles. The Morgan fingerprint density at radius 3 is 2.61 bits per heavy atom. The number of benzene rings is 1. The number of piperidine rings is 2. The Labute approximate surface area is 136 Å². The largest absolute Gasteiger partial charge is 0.420 e. The van der Waals surface area contributed by atoms with E-state index in [0.717, 1.165) is 63.0 Å². The van der Waals surface area contributed by atoms with E-state index in [2.05, 4.69) is 35.5 Å². The maximum Gasteiger partial charge on any atom is 0.420 e. The monoisotopic (exact) mass is 315 g/mol. The molecule has 5 nitrogen and oxygen atoms in total. The van der Waals surface area contributed by atoms with Crippen LogP contribution in [0.25, 0.3) is 11.1 Å². The van der Waals surface area contributed by atoms with Crippen LogP contribution >= 0.6 is 0 Å². The zero-order valence-corrected chi connectivity index (χ0v) is 13.8. The fourth-order valence-electron chi connectivity index (χ4n) is 4.06. The zero-order valence-electron chi connectivity index (χ0n) is 13.8. The van der Waals surface area contributed by atoms with Gasteiger partial charge >= 0.3 is 5.76 Å². The first-order valence-corrected chi connectivity index (χ1v) is 8.76. The second-order valence-corrected chi connectivity index (χ2v) is 7.02. The van der Waals surface area contributed by atoms with Crippen molar-refractivity contribution in [2.24, 2.45) is 0 Å². The van der Waals surface area contributed by atoms with Gasteiger partial charge in [0.25, 0.3) is 0 Å². The molecule has 2 saturated heterocycles. The van der Waals surface area contributed by atoms with Crippen LogP contribution in [0.5, 0.6) is 0 Å². The Balaban J connectivity index is 1.67. The van der Waals surface area contributed by atoms with Gasteiger partial charge in [0.15, 0.2) is 5.58 Å². The maximum absolute atomic E-state index is 12.4. The quantitative estimate of drug-likeness (QED) is 0.924. The molecule has 0 atom stereocenters. The lowest BCUT2D eigenvalue weighted by molar-refractivity contribution is 0.217. The van der Waals surface area contributed by atoms with Crippen molar-refractivity contribution in [3.05, 3.63) is 34.3 Å². The van der Waals surface area contributed by atoms with E-state index in [1.54, 1.807) is 0 Å². The topological polar surface area (TPSA) is 50.4 Å². The van der Waals surface area contributed by atoms with Crippen LogP contribution in [-0.4, -0.2) is 42.7 Å². The third-order valence-electron chi connectivity index (χ3n) is 5.50. The number of nitrogens with one attached hydrogen (secondary N) is 1. The average Bonchev–Trinajstić information content (AvgIpc) is 2.91. The van der Waals surface area contributed by atoms with Crippen molar-refractivity contribution in [2.45, 2.75) is 37.6 Å². The highest BCUT2D eigenvalue weighted by molar-refractivity contribution is 5.74. The predicted molar refractivity (Wildman–Crippen MR) is 91.1 cm³/mol. The van der Waals surface area contributed by atoms with Crippen LogP contribution in [0.2, 0.25) is 0 Å². The molecule has 2 aliphatic rings. The Bertz CT molecular complexity index is 734.